The molecule has 4 aromatic rings. The Bertz CT molecular complexity index is 1140. The monoisotopic (exact) mass is 408 g/mol. The van der Waals surface area contributed by atoms with Crippen LogP contribution in [0.25, 0.3) is 21.8 Å². The van der Waals surface area contributed by atoms with Gasteiger partial charge in [-0.15, -0.1) is 0 Å². The van der Waals surface area contributed by atoms with Gasteiger partial charge in [0.05, 0.1) is 0 Å². The van der Waals surface area contributed by atoms with Crippen molar-refractivity contribution in [2.24, 2.45) is 7.05 Å². The summed E-state index contributed by atoms with van der Waals surface area (Å²) in [6.45, 7) is 4.23. The molecule has 0 bridgehead atoms. The van der Waals surface area contributed by atoms with E-state index in [-0.39, 0.29) is 11.7 Å². The van der Waals surface area contributed by atoms with Crippen molar-refractivity contribution in [1.82, 2.24) is 9.55 Å². The first-order chi connectivity index (χ1) is 12.5. The molecule has 0 saturated carbocycles. The van der Waals surface area contributed by atoms with Gasteiger partial charge in [-0.1, -0.05) is 41.1 Å². The van der Waals surface area contributed by atoms with E-state index in [4.69, 9.17) is 0 Å². The van der Waals surface area contributed by atoms with Gasteiger partial charge in [0.25, 0.3) is 0 Å². The highest BCUT2D eigenvalue weighted by Crippen LogP contribution is 2.33. The number of aryl methyl sites for hydroxylation is 2. The number of nitrogens with one attached hydrogen (secondary N) is 1. The lowest BCUT2D eigenvalue weighted by Gasteiger charge is -2.11. The molecule has 2 heterocycles. The van der Waals surface area contributed by atoms with Crippen molar-refractivity contribution in [1.29, 1.82) is 0 Å². The molecule has 1 N–H and O–H groups in total. The van der Waals surface area contributed by atoms with Crippen LogP contribution in [0.15, 0.2) is 53.1 Å². The molecule has 0 amide bonds. The van der Waals surface area contributed by atoms with E-state index in [1.165, 1.54) is 10.9 Å². The summed E-state index contributed by atoms with van der Waals surface area (Å²) in [7, 11) is 1.99. The molecule has 2 aromatic heterocycles. The number of rotatable bonds is 4. The summed E-state index contributed by atoms with van der Waals surface area (Å²) in [4.78, 5) is 16.5. The number of benzene rings is 2. The van der Waals surface area contributed by atoms with Crippen LogP contribution >= 0.6 is 15.9 Å². The van der Waals surface area contributed by atoms with Crippen molar-refractivity contribution < 1.29 is 4.79 Å². The first kappa shape index (κ1) is 17.1. The van der Waals surface area contributed by atoms with Gasteiger partial charge in [-0.2, -0.15) is 0 Å². The Labute approximate surface area is 161 Å². The van der Waals surface area contributed by atoms with E-state index < -0.39 is 0 Å². The van der Waals surface area contributed by atoms with E-state index in [1.807, 2.05) is 42.1 Å². The van der Waals surface area contributed by atoms with Crippen molar-refractivity contribution in [3.8, 4) is 0 Å². The molecule has 26 heavy (non-hydrogen) atoms. The topological polar surface area (TPSA) is 37.8 Å². The molecule has 0 aliphatic rings. The molecule has 3 nitrogen and oxygen atoms in total. The third kappa shape index (κ3) is 2.78. The smallest absolute Gasteiger partial charge is 0.165 e. The Balaban J connectivity index is 1.70. The Morgan fingerprint density at radius 2 is 1.96 bits per heavy atom. The lowest BCUT2D eigenvalue weighted by Crippen LogP contribution is -2.05. The second-order valence-electron chi connectivity index (χ2n) is 7.05. The number of hydrogen-bond acceptors (Lipinski definition) is 1. The Hall–Kier alpha value is -2.33. The highest BCUT2D eigenvalue weighted by molar-refractivity contribution is 9.10. The predicted octanol–water partition coefficient (Wildman–Crippen LogP) is 6.11. The van der Waals surface area contributed by atoms with Crippen LogP contribution in [0.1, 0.15) is 40.9 Å². The van der Waals surface area contributed by atoms with E-state index in [9.17, 15) is 4.79 Å². The lowest BCUT2D eigenvalue weighted by molar-refractivity contribution is 0.0977. The second kappa shape index (κ2) is 6.44. The molecule has 4 rings (SSSR count). The summed E-state index contributed by atoms with van der Waals surface area (Å²) in [5.74, 6) is 0.340. The van der Waals surface area contributed by atoms with Crippen LogP contribution < -0.4 is 0 Å². The number of aromatic nitrogens is 2. The fraction of sp³-hybridized carbons (Fsp3) is 0.227. The van der Waals surface area contributed by atoms with Gasteiger partial charge in [-0.05, 0) is 42.7 Å². The average Bonchev–Trinajstić information content (AvgIpc) is 3.11. The number of nitrogens with zero attached hydrogens (tertiary/aromatic N) is 1. The number of carbonyl (C=O) groups excluding carboxylic acids is 1. The predicted molar refractivity (Wildman–Crippen MR) is 111 cm³/mol. The van der Waals surface area contributed by atoms with Crippen LogP contribution in [0, 0.1) is 6.92 Å². The number of hydrogen-bond donors (Lipinski definition) is 1. The normalized spacial score (nSPS) is 12.8. The highest BCUT2D eigenvalue weighted by Gasteiger charge is 2.21. The SMILES string of the molecule is Cc1[nH]c2ccccc2c1C(C)CC(=O)c1cn(C)c2ccc(Br)cc12. The van der Waals surface area contributed by atoms with E-state index in [2.05, 4.69) is 53.0 Å². The van der Waals surface area contributed by atoms with Crippen LogP contribution in [0.3, 0.4) is 0 Å². The van der Waals surface area contributed by atoms with Gasteiger partial charge in [-0.3, -0.25) is 4.79 Å². The van der Waals surface area contributed by atoms with E-state index in [0.29, 0.717) is 6.42 Å². The molecule has 0 spiro atoms. The third-order valence-corrected chi connectivity index (χ3v) is 5.67. The number of carbonyl (C=O) groups is 1. The summed E-state index contributed by atoms with van der Waals surface area (Å²) in [6, 6.07) is 14.4. The minimum Gasteiger partial charge on any atom is -0.358 e. The molecular formula is C22H21BrN2O. The Morgan fingerprint density at radius 3 is 2.77 bits per heavy atom. The standard InChI is InChI=1S/C22H21BrN2O/c1-13(22-14(2)24-19-7-5-4-6-16(19)22)10-21(26)18-12-25(3)20-9-8-15(23)11-17(18)20/h4-9,11-13,24H,10H2,1-3H3. The number of ketones is 1. The highest BCUT2D eigenvalue weighted by atomic mass is 79.9. The van der Waals surface area contributed by atoms with Crippen LogP contribution in [-0.4, -0.2) is 15.3 Å². The van der Waals surface area contributed by atoms with E-state index >= 15 is 0 Å². The van der Waals surface area contributed by atoms with Crippen molar-refractivity contribution in [3.05, 3.63) is 70.0 Å². The lowest BCUT2D eigenvalue weighted by atomic mass is 9.91. The van der Waals surface area contributed by atoms with Crippen LogP contribution in [0.4, 0.5) is 0 Å². The van der Waals surface area contributed by atoms with Gasteiger partial charge in [0.1, 0.15) is 0 Å². The van der Waals surface area contributed by atoms with Gasteiger partial charge in [0, 0.05) is 57.2 Å². The summed E-state index contributed by atoms with van der Waals surface area (Å²) in [5, 5.41) is 2.22. The fourth-order valence-corrected chi connectivity index (χ4v) is 4.37. The summed E-state index contributed by atoms with van der Waals surface area (Å²) < 4.78 is 3.02. The maximum atomic E-state index is 13.1. The number of fused-ring (bicyclic) bond motifs is 2. The average molecular weight is 409 g/mol. The zero-order valence-corrected chi connectivity index (χ0v) is 16.7. The van der Waals surface area contributed by atoms with Crippen LogP contribution in [-0.2, 0) is 7.05 Å². The molecule has 1 unspecified atom stereocenters. The molecule has 2 aromatic carbocycles. The molecule has 0 saturated heterocycles. The minimum atomic E-state index is 0.154. The second-order valence-corrected chi connectivity index (χ2v) is 7.97. The van der Waals surface area contributed by atoms with Crippen molar-refractivity contribution in [3.63, 3.8) is 0 Å². The molecule has 132 valence electrons. The third-order valence-electron chi connectivity index (χ3n) is 5.18. The zero-order valence-electron chi connectivity index (χ0n) is 15.1. The zero-order chi connectivity index (χ0) is 18.4. The molecule has 4 heteroatoms. The Kier molecular flexibility index (Phi) is 4.23. The van der Waals surface area contributed by atoms with Crippen molar-refractivity contribution in [2.45, 2.75) is 26.2 Å². The molecule has 1 atom stereocenters. The molecular weight excluding hydrogens is 388 g/mol. The van der Waals surface area contributed by atoms with Crippen molar-refractivity contribution >= 4 is 43.5 Å². The minimum absolute atomic E-state index is 0.154. The summed E-state index contributed by atoms with van der Waals surface area (Å²) >= 11 is 3.52. The molecule has 0 aliphatic carbocycles. The van der Waals surface area contributed by atoms with Gasteiger partial charge < -0.3 is 9.55 Å². The van der Waals surface area contributed by atoms with Gasteiger partial charge in [0.2, 0.25) is 0 Å². The molecule has 0 radical (unpaired) electrons. The number of halogens is 1. The van der Waals surface area contributed by atoms with Gasteiger partial charge >= 0.3 is 0 Å². The van der Waals surface area contributed by atoms with Crippen molar-refractivity contribution in [2.75, 3.05) is 0 Å². The fourth-order valence-electron chi connectivity index (χ4n) is 4.01. The largest absolute Gasteiger partial charge is 0.358 e. The summed E-state index contributed by atoms with van der Waals surface area (Å²) in [5.41, 5.74) is 5.40. The number of H-pyrrole nitrogens is 1. The van der Waals surface area contributed by atoms with E-state index in [1.54, 1.807) is 0 Å². The molecule has 0 fully saturated rings. The number of Topliss-reactive ketones (excluding diaryl/α,β-unsaturated/α-hetero) is 1. The first-order valence-electron chi connectivity index (χ1n) is 8.80. The van der Waals surface area contributed by atoms with Crippen LogP contribution in [0.5, 0.6) is 0 Å². The van der Waals surface area contributed by atoms with E-state index in [0.717, 1.165) is 32.1 Å². The number of aromatic amines is 1. The van der Waals surface area contributed by atoms with Gasteiger partial charge in [-0.25, -0.2) is 0 Å². The first-order valence-corrected chi connectivity index (χ1v) is 9.60. The maximum absolute atomic E-state index is 13.1. The molecule has 0 aliphatic heterocycles. The number of para-hydroxylation sites is 1. The quantitative estimate of drug-likeness (QED) is 0.406. The summed E-state index contributed by atoms with van der Waals surface area (Å²) in [6.07, 6.45) is 2.45. The maximum Gasteiger partial charge on any atom is 0.165 e. The Morgan fingerprint density at radius 1 is 1.19 bits per heavy atom. The van der Waals surface area contributed by atoms with Crippen LogP contribution in [0.2, 0.25) is 0 Å². The van der Waals surface area contributed by atoms with Gasteiger partial charge in [0.15, 0.2) is 5.78 Å².